The van der Waals surface area contributed by atoms with Crippen molar-refractivity contribution in [1.82, 2.24) is 9.97 Å². The van der Waals surface area contributed by atoms with Crippen molar-refractivity contribution in [3.63, 3.8) is 0 Å². The summed E-state index contributed by atoms with van der Waals surface area (Å²) in [6, 6.07) is 1.86. The largest absolute Gasteiger partial charge is 0.416 e. The van der Waals surface area contributed by atoms with Crippen molar-refractivity contribution in [1.29, 1.82) is 0 Å². The van der Waals surface area contributed by atoms with E-state index < -0.39 is 14.6 Å². The zero-order chi connectivity index (χ0) is 18.7. The third kappa shape index (κ3) is 4.48. The highest BCUT2D eigenvalue weighted by molar-refractivity contribution is 6.74. The Morgan fingerprint density at radius 2 is 1.76 bits per heavy atom. The molecule has 5 nitrogen and oxygen atoms in total. The average Bonchev–Trinajstić information content (AvgIpc) is 3.04. The van der Waals surface area contributed by atoms with Crippen LogP contribution >= 0.6 is 0 Å². The summed E-state index contributed by atoms with van der Waals surface area (Å²) in [7, 11) is 1.45. The molecule has 0 aromatic carbocycles. The molecule has 1 aliphatic rings. The Morgan fingerprint density at radius 3 is 2.28 bits per heavy atom. The maximum Gasteiger partial charge on any atom is 0.200 e. The smallest absolute Gasteiger partial charge is 0.200 e. The second kappa shape index (κ2) is 7.82. The number of rotatable bonds is 7. The van der Waals surface area contributed by atoms with Gasteiger partial charge in [-0.2, -0.15) is 0 Å². The summed E-state index contributed by atoms with van der Waals surface area (Å²) in [6.45, 7) is 12.1. The van der Waals surface area contributed by atoms with Gasteiger partial charge in [0.2, 0.25) is 6.29 Å². The van der Waals surface area contributed by atoms with Crippen molar-refractivity contribution in [2.24, 2.45) is 0 Å². The summed E-state index contributed by atoms with van der Waals surface area (Å²) in [5.41, 5.74) is 0.686. The van der Waals surface area contributed by atoms with Gasteiger partial charge in [0.15, 0.2) is 8.32 Å². The second-order valence-electron chi connectivity index (χ2n) is 8.64. The summed E-state index contributed by atoms with van der Waals surface area (Å²) in [5.74, 6) is 0.875. The molecule has 0 radical (unpaired) electrons. The lowest BCUT2D eigenvalue weighted by molar-refractivity contribution is -0.108. The van der Waals surface area contributed by atoms with Gasteiger partial charge in [0.1, 0.15) is 5.82 Å². The minimum atomic E-state index is -1.81. The molecule has 142 valence electrons. The van der Waals surface area contributed by atoms with Crippen LogP contribution in [0.15, 0.2) is 12.3 Å². The van der Waals surface area contributed by atoms with Crippen LogP contribution < -0.4 is 0 Å². The fourth-order valence-corrected chi connectivity index (χ4v) is 4.19. The van der Waals surface area contributed by atoms with E-state index >= 15 is 0 Å². The summed E-state index contributed by atoms with van der Waals surface area (Å²) in [5, 5.41) is 0.201. The summed E-state index contributed by atoms with van der Waals surface area (Å²) >= 11 is 0. The Balaban J connectivity index is 2.27. The Kier molecular flexibility index (Phi) is 6.41. The normalized spacial score (nSPS) is 18.1. The molecule has 0 saturated heterocycles. The molecule has 0 atom stereocenters. The Morgan fingerprint density at radius 1 is 1.16 bits per heavy atom. The van der Waals surface area contributed by atoms with Gasteiger partial charge < -0.3 is 13.9 Å². The van der Waals surface area contributed by atoms with Gasteiger partial charge in [-0.3, -0.25) is 0 Å². The van der Waals surface area contributed by atoms with E-state index in [1.165, 1.54) is 12.8 Å². The monoisotopic (exact) mass is 366 g/mol. The second-order valence-corrected chi connectivity index (χ2v) is 13.5. The first kappa shape index (κ1) is 20.5. The molecule has 0 spiro atoms. The van der Waals surface area contributed by atoms with Gasteiger partial charge >= 0.3 is 0 Å². The molecular formula is C19H34N2O3Si. The van der Waals surface area contributed by atoms with Crippen LogP contribution in [0.25, 0.3) is 0 Å². The fraction of sp³-hybridized carbons (Fsp3) is 0.789. The first-order chi connectivity index (χ1) is 11.6. The molecule has 0 aliphatic heterocycles. The average molecular weight is 367 g/mol. The number of aromatic nitrogens is 2. The van der Waals surface area contributed by atoms with Gasteiger partial charge in [-0.15, -0.1) is 0 Å². The van der Waals surface area contributed by atoms with Gasteiger partial charge in [-0.25, -0.2) is 9.97 Å². The van der Waals surface area contributed by atoms with Gasteiger partial charge in [-0.05, 0) is 37.0 Å². The van der Waals surface area contributed by atoms with Crippen LogP contribution in [0.3, 0.4) is 0 Å². The molecule has 0 amide bonds. The number of hydrogen-bond donors (Lipinski definition) is 0. The number of hydrogen-bond acceptors (Lipinski definition) is 5. The summed E-state index contributed by atoms with van der Waals surface area (Å²) in [6.07, 6.45) is 5.92. The molecule has 1 saturated carbocycles. The van der Waals surface area contributed by atoms with Gasteiger partial charge in [0, 0.05) is 27.0 Å². The minimum Gasteiger partial charge on any atom is -0.416 e. The zero-order valence-electron chi connectivity index (χ0n) is 16.9. The lowest BCUT2D eigenvalue weighted by Gasteiger charge is -2.39. The molecule has 2 rings (SSSR count). The van der Waals surface area contributed by atoms with Crippen LogP contribution in [0.5, 0.6) is 0 Å². The van der Waals surface area contributed by atoms with E-state index in [9.17, 15) is 0 Å². The van der Waals surface area contributed by atoms with Crippen LogP contribution in [0, 0.1) is 0 Å². The van der Waals surface area contributed by atoms with Gasteiger partial charge in [-0.1, -0.05) is 33.6 Å². The molecule has 25 heavy (non-hydrogen) atoms. The molecule has 0 bridgehead atoms. The fourth-order valence-electron chi connectivity index (χ4n) is 3.12. The maximum atomic E-state index is 6.59. The Bertz CT molecular complexity index is 562. The Hall–Kier alpha value is -0.823. The molecule has 1 aliphatic carbocycles. The molecule has 1 heterocycles. The van der Waals surface area contributed by atoms with Crippen LogP contribution in [0.4, 0.5) is 0 Å². The van der Waals surface area contributed by atoms with E-state index in [2.05, 4.69) is 38.8 Å². The Labute approximate surface area is 153 Å². The quantitative estimate of drug-likeness (QED) is 0.521. The van der Waals surface area contributed by atoms with Crippen molar-refractivity contribution < 1.29 is 13.9 Å². The van der Waals surface area contributed by atoms with E-state index in [0.29, 0.717) is 6.61 Å². The number of nitrogens with zero attached hydrogens (tertiary/aromatic N) is 2. The maximum absolute atomic E-state index is 6.59. The van der Waals surface area contributed by atoms with Gasteiger partial charge in [0.25, 0.3) is 0 Å². The number of methoxy groups -OCH3 is 2. The highest BCUT2D eigenvalue weighted by Crippen LogP contribution is 2.43. The molecule has 1 aromatic heterocycles. The highest BCUT2D eigenvalue weighted by atomic mass is 28.4. The topological polar surface area (TPSA) is 53.5 Å². The van der Waals surface area contributed by atoms with E-state index in [-0.39, 0.29) is 10.5 Å². The van der Waals surface area contributed by atoms with Crippen LogP contribution in [0.1, 0.15) is 64.3 Å². The first-order valence-electron chi connectivity index (χ1n) is 9.18. The number of ether oxygens (including phenoxy) is 2. The van der Waals surface area contributed by atoms with Crippen molar-refractivity contribution in [3.8, 4) is 0 Å². The molecule has 1 fully saturated rings. The molecule has 0 N–H and O–H groups in total. The zero-order valence-corrected chi connectivity index (χ0v) is 17.9. The molecule has 6 heteroatoms. The van der Waals surface area contributed by atoms with E-state index in [0.717, 1.165) is 24.4 Å². The lowest BCUT2D eigenvalue weighted by Crippen LogP contribution is -2.45. The van der Waals surface area contributed by atoms with Crippen molar-refractivity contribution in [2.75, 3.05) is 20.8 Å². The molecule has 0 unspecified atom stereocenters. The summed E-state index contributed by atoms with van der Waals surface area (Å²) in [4.78, 5) is 9.43. The van der Waals surface area contributed by atoms with Crippen molar-refractivity contribution in [2.45, 2.75) is 76.3 Å². The highest BCUT2D eigenvalue weighted by Gasteiger charge is 2.44. The van der Waals surface area contributed by atoms with E-state index in [4.69, 9.17) is 18.9 Å². The van der Waals surface area contributed by atoms with E-state index in [1.807, 2.05) is 12.3 Å². The van der Waals surface area contributed by atoms with Crippen molar-refractivity contribution in [3.05, 3.63) is 23.8 Å². The first-order valence-corrected chi connectivity index (χ1v) is 12.1. The SMILES string of the molecule is COC(OC)c1ccnc(C2(CO[Si](C)(C)C(C)(C)C)CCCC2)n1. The van der Waals surface area contributed by atoms with Crippen LogP contribution in [-0.4, -0.2) is 39.1 Å². The predicted molar refractivity (Wildman–Crippen MR) is 102 cm³/mol. The molecular weight excluding hydrogens is 332 g/mol. The van der Waals surface area contributed by atoms with Crippen LogP contribution in [-0.2, 0) is 19.3 Å². The van der Waals surface area contributed by atoms with Crippen LogP contribution in [0.2, 0.25) is 18.1 Å². The third-order valence-corrected chi connectivity index (χ3v) is 10.4. The standard InChI is InChI=1S/C19H34N2O3Si/c1-18(2,3)25(6,7)24-14-19(11-8-9-12-19)17-20-13-10-15(21-17)16(22-4)23-5/h10,13,16H,8-9,11-12,14H2,1-7H3. The minimum absolute atomic E-state index is 0.0858. The lowest BCUT2D eigenvalue weighted by atomic mass is 9.86. The van der Waals surface area contributed by atoms with Crippen molar-refractivity contribution >= 4 is 8.32 Å². The predicted octanol–water partition coefficient (Wildman–Crippen LogP) is 4.60. The molecule has 1 aromatic rings. The van der Waals surface area contributed by atoms with E-state index in [1.54, 1.807) is 14.2 Å². The third-order valence-electron chi connectivity index (χ3n) is 5.90. The van der Waals surface area contributed by atoms with Gasteiger partial charge in [0.05, 0.1) is 11.1 Å². The summed E-state index contributed by atoms with van der Waals surface area (Å²) < 4.78 is 17.3.